The van der Waals surface area contributed by atoms with Crippen molar-refractivity contribution in [3.05, 3.63) is 41.5 Å². The Kier molecular flexibility index (Phi) is 6.73. The van der Waals surface area contributed by atoms with Crippen LogP contribution >= 0.6 is 0 Å². The molecule has 2 rings (SSSR count). The molecule has 0 radical (unpaired) electrons. The van der Waals surface area contributed by atoms with Crippen molar-refractivity contribution in [3.63, 3.8) is 0 Å². The van der Waals surface area contributed by atoms with Gasteiger partial charge in [-0.2, -0.15) is 8.42 Å². The Balaban J connectivity index is 0.000000220. The van der Waals surface area contributed by atoms with E-state index < -0.39 is 10.1 Å². The minimum atomic E-state index is -4.02. The number of rotatable bonds is 2. The van der Waals surface area contributed by atoms with Crippen LogP contribution in [0, 0.1) is 6.92 Å². The van der Waals surface area contributed by atoms with Gasteiger partial charge in [-0.05, 0) is 32.4 Å². The summed E-state index contributed by atoms with van der Waals surface area (Å²) < 4.78 is 34.2. The van der Waals surface area contributed by atoms with E-state index in [1.807, 2.05) is 13.8 Å². The minimum absolute atomic E-state index is 0.0666. The third-order valence-electron chi connectivity index (χ3n) is 3.15. The van der Waals surface area contributed by atoms with Crippen LogP contribution in [-0.2, 0) is 19.6 Å². The summed E-state index contributed by atoms with van der Waals surface area (Å²) in [5, 5.41) is 3.05. The normalized spacial score (nSPS) is 17.8. The molecule has 122 valence electrons. The second-order valence-corrected chi connectivity index (χ2v) is 6.45. The summed E-state index contributed by atoms with van der Waals surface area (Å²) in [6.45, 7) is 4.64. The van der Waals surface area contributed by atoms with E-state index in [0.29, 0.717) is 0 Å². The lowest BCUT2D eigenvalue weighted by Gasteiger charge is -2.19. The highest BCUT2D eigenvalue weighted by molar-refractivity contribution is 7.85. The molecule has 1 aliphatic heterocycles. The van der Waals surface area contributed by atoms with E-state index in [2.05, 4.69) is 16.1 Å². The number of hydrogen-bond donors (Lipinski definition) is 2. The first-order valence-corrected chi connectivity index (χ1v) is 8.19. The molecule has 1 atom stereocenters. The van der Waals surface area contributed by atoms with Crippen molar-refractivity contribution in [1.29, 1.82) is 0 Å². The summed E-state index contributed by atoms with van der Waals surface area (Å²) in [7, 11) is -2.61. The molecule has 7 heteroatoms. The summed E-state index contributed by atoms with van der Waals surface area (Å²) in [4.78, 5) is 10.9. The average molecular weight is 327 g/mol. The van der Waals surface area contributed by atoms with Crippen molar-refractivity contribution in [2.75, 3.05) is 13.7 Å². The van der Waals surface area contributed by atoms with Gasteiger partial charge in [-0.25, -0.2) is 0 Å². The van der Waals surface area contributed by atoms with E-state index in [4.69, 9.17) is 4.55 Å². The van der Waals surface area contributed by atoms with Gasteiger partial charge in [0, 0.05) is 6.54 Å². The molecule has 0 spiro atoms. The monoisotopic (exact) mass is 327 g/mol. The van der Waals surface area contributed by atoms with Gasteiger partial charge in [0.25, 0.3) is 10.1 Å². The van der Waals surface area contributed by atoms with Crippen LogP contribution in [0.25, 0.3) is 0 Å². The fourth-order valence-corrected chi connectivity index (χ4v) is 2.35. The predicted octanol–water partition coefficient (Wildman–Crippen LogP) is 1.71. The SMILES string of the molecule is COC(=O)[C@H]1CC(C)=CCN1.Cc1ccc(S(=O)(=O)O)cc1. The molecule has 0 fully saturated rings. The van der Waals surface area contributed by atoms with Gasteiger partial charge in [-0.3, -0.25) is 9.35 Å². The van der Waals surface area contributed by atoms with E-state index in [-0.39, 0.29) is 16.9 Å². The van der Waals surface area contributed by atoms with Crippen LogP contribution < -0.4 is 5.32 Å². The molecule has 22 heavy (non-hydrogen) atoms. The largest absolute Gasteiger partial charge is 0.468 e. The molecule has 0 aliphatic carbocycles. The quantitative estimate of drug-likeness (QED) is 0.488. The molecule has 1 aromatic carbocycles. The Morgan fingerprint density at radius 1 is 1.27 bits per heavy atom. The van der Waals surface area contributed by atoms with Crippen molar-refractivity contribution in [2.24, 2.45) is 0 Å². The number of nitrogens with one attached hydrogen (secondary N) is 1. The van der Waals surface area contributed by atoms with Crippen LogP contribution in [0.5, 0.6) is 0 Å². The zero-order chi connectivity index (χ0) is 16.8. The van der Waals surface area contributed by atoms with Crippen LogP contribution in [0.4, 0.5) is 0 Å². The molecule has 2 N–H and O–H groups in total. The van der Waals surface area contributed by atoms with E-state index in [1.165, 1.54) is 24.8 Å². The number of ether oxygens (including phenoxy) is 1. The fraction of sp³-hybridized carbons (Fsp3) is 0.400. The molecule has 0 unspecified atom stereocenters. The Labute approximate surface area is 130 Å². The lowest BCUT2D eigenvalue weighted by molar-refractivity contribution is -0.143. The molecule has 1 heterocycles. The van der Waals surface area contributed by atoms with E-state index >= 15 is 0 Å². The number of benzene rings is 1. The Bertz CT molecular complexity index is 634. The van der Waals surface area contributed by atoms with Gasteiger partial charge in [0.15, 0.2) is 0 Å². The summed E-state index contributed by atoms with van der Waals surface area (Å²) >= 11 is 0. The van der Waals surface area contributed by atoms with Gasteiger partial charge >= 0.3 is 5.97 Å². The van der Waals surface area contributed by atoms with Crippen LogP contribution in [-0.4, -0.2) is 38.6 Å². The topological polar surface area (TPSA) is 92.7 Å². The number of hydrogen-bond acceptors (Lipinski definition) is 5. The maximum Gasteiger partial charge on any atom is 0.323 e. The molecule has 0 saturated heterocycles. The van der Waals surface area contributed by atoms with Crippen molar-refractivity contribution in [2.45, 2.75) is 31.2 Å². The lowest BCUT2D eigenvalue weighted by Crippen LogP contribution is -2.40. The maximum absolute atomic E-state index is 11.0. The highest BCUT2D eigenvalue weighted by Gasteiger charge is 2.20. The Morgan fingerprint density at radius 2 is 1.86 bits per heavy atom. The molecule has 0 saturated carbocycles. The number of carbonyl (C=O) groups excluding carboxylic acids is 1. The second kappa shape index (κ2) is 8.07. The summed E-state index contributed by atoms with van der Waals surface area (Å²) in [5.41, 5.74) is 2.21. The van der Waals surface area contributed by atoms with Gasteiger partial charge in [-0.1, -0.05) is 29.3 Å². The third-order valence-corrected chi connectivity index (χ3v) is 4.01. The van der Waals surface area contributed by atoms with E-state index in [9.17, 15) is 13.2 Å². The molecule has 1 aliphatic rings. The molecule has 6 nitrogen and oxygen atoms in total. The molecule has 0 bridgehead atoms. The van der Waals surface area contributed by atoms with Crippen molar-refractivity contribution >= 4 is 16.1 Å². The summed E-state index contributed by atoms with van der Waals surface area (Å²) in [6.07, 6.45) is 2.85. The first kappa shape index (κ1) is 18.3. The van der Waals surface area contributed by atoms with Crippen molar-refractivity contribution in [3.8, 4) is 0 Å². The highest BCUT2D eigenvalue weighted by atomic mass is 32.2. The summed E-state index contributed by atoms with van der Waals surface area (Å²) in [6, 6.07) is 5.85. The third kappa shape index (κ3) is 5.97. The van der Waals surface area contributed by atoms with Gasteiger partial charge in [0.2, 0.25) is 0 Å². The number of esters is 1. The van der Waals surface area contributed by atoms with Crippen LogP contribution in [0.2, 0.25) is 0 Å². The lowest BCUT2D eigenvalue weighted by atomic mass is 10.0. The minimum Gasteiger partial charge on any atom is -0.468 e. The highest BCUT2D eigenvalue weighted by Crippen LogP contribution is 2.09. The van der Waals surface area contributed by atoms with Gasteiger partial charge < -0.3 is 10.1 Å². The number of carbonyl (C=O) groups is 1. The van der Waals surface area contributed by atoms with Crippen LogP contribution in [0.15, 0.2) is 40.8 Å². The molecular weight excluding hydrogens is 306 g/mol. The first-order valence-electron chi connectivity index (χ1n) is 6.75. The van der Waals surface area contributed by atoms with Gasteiger partial charge in [0.05, 0.1) is 12.0 Å². The number of methoxy groups -OCH3 is 1. The molecule has 1 aromatic rings. The van der Waals surface area contributed by atoms with Gasteiger partial charge in [-0.15, -0.1) is 0 Å². The smallest absolute Gasteiger partial charge is 0.323 e. The first-order chi connectivity index (χ1) is 10.2. The van der Waals surface area contributed by atoms with Crippen LogP contribution in [0.3, 0.4) is 0 Å². The molecule has 0 aromatic heterocycles. The van der Waals surface area contributed by atoms with Crippen molar-refractivity contribution < 1.29 is 22.5 Å². The molecule has 0 amide bonds. The van der Waals surface area contributed by atoms with Gasteiger partial charge in [0.1, 0.15) is 6.04 Å². The van der Waals surface area contributed by atoms with Crippen LogP contribution in [0.1, 0.15) is 18.9 Å². The second-order valence-electron chi connectivity index (χ2n) is 5.03. The maximum atomic E-state index is 11.0. The zero-order valence-electron chi connectivity index (χ0n) is 12.9. The summed E-state index contributed by atoms with van der Waals surface area (Å²) in [5.74, 6) is -0.169. The fourth-order valence-electron chi connectivity index (χ4n) is 1.87. The molecular formula is C15H21NO5S. The average Bonchev–Trinajstić information content (AvgIpc) is 2.46. The Morgan fingerprint density at radius 3 is 2.32 bits per heavy atom. The standard InChI is InChI=1S/C8H13NO2.C7H8O3S/c1-6-3-4-9-7(5-6)8(10)11-2;1-6-2-4-7(5-3-6)11(8,9)10/h3,7,9H,4-5H2,1-2H3;2-5H,1H3,(H,8,9,10)/t7-;/m1./s1. The number of aryl methyl sites for hydroxylation is 1. The van der Waals surface area contributed by atoms with E-state index in [1.54, 1.807) is 12.1 Å². The Hall–Kier alpha value is -1.70. The van der Waals surface area contributed by atoms with Crippen molar-refractivity contribution in [1.82, 2.24) is 5.32 Å². The zero-order valence-corrected chi connectivity index (χ0v) is 13.7. The van der Waals surface area contributed by atoms with E-state index in [0.717, 1.165) is 18.5 Å². The predicted molar refractivity (Wildman–Crippen MR) is 83.2 cm³/mol.